The number of rotatable bonds is 2. The van der Waals surface area contributed by atoms with Crippen molar-refractivity contribution in [3.05, 3.63) is 51.7 Å². The summed E-state index contributed by atoms with van der Waals surface area (Å²) in [4.78, 5) is 3.97. The average Bonchev–Trinajstić information content (AvgIpc) is 2.35. The number of aromatic nitrogens is 1. The van der Waals surface area contributed by atoms with Gasteiger partial charge in [0.25, 0.3) is 0 Å². The molecule has 0 aliphatic carbocycles. The highest BCUT2D eigenvalue weighted by molar-refractivity contribution is 9.10. The van der Waals surface area contributed by atoms with E-state index in [1.165, 1.54) is 0 Å². The van der Waals surface area contributed by atoms with Crippen LogP contribution in [0.2, 0.25) is 5.02 Å². The highest BCUT2D eigenvalue weighted by Gasteiger charge is 2.07. The van der Waals surface area contributed by atoms with Crippen molar-refractivity contribution in [3.8, 4) is 6.07 Å². The Morgan fingerprint density at radius 2 is 2.00 bits per heavy atom. The maximum absolute atomic E-state index is 8.93. The molecule has 0 unspecified atom stereocenters. The van der Waals surface area contributed by atoms with E-state index in [0.717, 1.165) is 10.2 Å². The molecule has 2 rings (SSSR count). The van der Waals surface area contributed by atoms with Gasteiger partial charge in [0, 0.05) is 6.20 Å². The molecule has 2 aromatic rings. The fourth-order valence-corrected chi connectivity index (χ4v) is 1.88. The summed E-state index contributed by atoms with van der Waals surface area (Å²) in [6, 6.07) is 11.1. The van der Waals surface area contributed by atoms with Crippen molar-refractivity contribution in [3.63, 3.8) is 0 Å². The smallest absolute Gasteiger partial charge is 0.163 e. The van der Waals surface area contributed by atoms with E-state index in [1.54, 1.807) is 24.4 Å². The van der Waals surface area contributed by atoms with Crippen LogP contribution in [0.4, 0.5) is 11.4 Å². The van der Waals surface area contributed by atoms with Gasteiger partial charge < -0.3 is 5.32 Å². The van der Waals surface area contributed by atoms with Crippen LogP contribution in [0, 0.1) is 11.3 Å². The van der Waals surface area contributed by atoms with Gasteiger partial charge in [-0.05, 0) is 40.2 Å². The number of nitrogens with zero attached hydrogens (tertiary/aromatic N) is 2. The second-order valence-corrected chi connectivity index (χ2v) is 4.44. The van der Waals surface area contributed by atoms with Crippen LogP contribution in [0.1, 0.15) is 5.69 Å². The molecule has 0 saturated carbocycles. The molecule has 5 heteroatoms. The lowest BCUT2D eigenvalue weighted by Gasteiger charge is -2.09. The number of hydrogen-bond donors (Lipinski definition) is 1. The van der Waals surface area contributed by atoms with E-state index < -0.39 is 0 Å². The molecule has 1 heterocycles. The van der Waals surface area contributed by atoms with Crippen molar-refractivity contribution in [2.75, 3.05) is 5.32 Å². The molecule has 0 bridgehead atoms. The normalized spacial score (nSPS) is 9.71. The summed E-state index contributed by atoms with van der Waals surface area (Å²) < 4.78 is 0.759. The summed E-state index contributed by atoms with van der Waals surface area (Å²) in [5.41, 5.74) is 1.79. The van der Waals surface area contributed by atoms with Crippen LogP contribution in [0.5, 0.6) is 0 Å². The molecule has 1 N–H and O–H groups in total. The summed E-state index contributed by atoms with van der Waals surface area (Å²) in [7, 11) is 0. The summed E-state index contributed by atoms with van der Waals surface area (Å²) in [5.74, 6) is 0. The molecule has 1 aromatic heterocycles. The second-order valence-electron chi connectivity index (χ2n) is 3.24. The third-order valence-electron chi connectivity index (χ3n) is 2.13. The zero-order chi connectivity index (χ0) is 12.3. The minimum Gasteiger partial charge on any atom is -0.352 e. The summed E-state index contributed by atoms with van der Waals surface area (Å²) in [6.45, 7) is 0. The Morgan fingerprint density at radius 1 is 1.24 bits per heavy atom. The number of anilines is 2. The Hall–Kier alpha value is -1.57. The summed E-state index contributed by atoms with van der Waals surface area (Å²) in [6.07, 6.45) is 1.58. The predicted molar refractivity (Wildman–Crippen MR) is 71.4 cm³/mol. The van der Waals surface area contributed by atoms with Crippen LogP contribution in [0.15, 0.2) is 41.0 Å². The van der Waals surface area contributed by atoms with E-state index in [0.29, 0.717) is 16.4 Å². The highest BCUT2D eigenvalue weighted by Crippen LogP contribution is 2.32. The highest BCUT2D eigenvalue weighted by atomic mass is 79.9. The van der Waals surface area contributed by atoms with Gasteiger partial charge in [-0.3, -0.25) is 0 Å². The number of hydrogen-bond acceptors (Lipinski definition) is 3. The van der Waals surface area contributed by atoms with Gasteiger partial charge >= 0.3 is 0 Å². The molecular formula is C12H7BrClN3. The molecule has 0 aliphatic rings. The maximum atomic E-state index is 8.93. The van der Waals surface area contributed by atoms with E-state index in [-0.39, 0.29) is 0 Å². The van der Waals surface area contributed by atoms with Gasteiger partial charge in [0.1, 0.15) is 6.07 Å². The first kappa shape index (κ1) is 11.9. The zero-order valence-corrected chi connectivity index (χ0v) is 11.0. The minimum absolute atomic E-state index is 0.347. The van der Waals surface area contributed by atoms with Gasteiger partial charge in [-0.15, -0.1) is 0 Å². The fourth-order valence-electron chi connectivity index (χ4n) is 1.34. The number of nitrogens with one attached hydrogen (secondary N) is 1. The van der Waals surface area contributed by atoms with E-state index in [4.69, 9.17) is 16.9 Å². The minimum atomic E-state index is 0.347. The Morgan fingerprint density at radius 3 is 2.76 bits per heavy atom. The van der Waals surface area contributed by atoms with Crippen LogP contribution in [0.25, 0.3) is 0 Å². The predicted octanol–water partition coefficient (Wildman–Crippen LogP) is 4.11. The summed E-state index contributed by atoms with van der Waals surface area (Å²) in [5, 5.41) is 12.7. The Bertz CT molecular complexity index is 593. The number of pyridine rings is 1. The lowest BCUT2D eigenvalue weighted by molar-refractivity contribution is 1.26. The van der Waals surface area contributed by atoms with Crippen LogP contribution in [-0.2, 0) is 0 Å². The number of nitriles is 1. The lowest BCUT2D eigenvalue weighted by atomic mass is 10.2. The molecule has 0 amide bonds. The molecule has 0 saturated heterocycles. The van der Waals surface area contributed by atoms with Crippen molar-refractivity contribution < 1.29 is 0 Å². The van der Waals surface area contributed by atoms with Crippen molar-refractivity contribution in [2.24, 2.45) is 0 Å². The van der Waals surface area contributed by atoms with E-state index in [2.05, 4.69) is 26.2 Å². The van der Waals surface area contributed by atoms with Gasteiger partial charge in [0.15, 0.2) is 5.69 Å². The SMILES string of the molecule is N#Cc1ncccc1Nc1cccc(Cl)c1Br. The monoisotopic (exact) mass is 307 g/mol. The Balaban J connectivity index is 2.39. The Kier molecular flexibility index (Phi) is 3.62. The maximum Gasteiger partial charge on any atom is 0.163 e. The van der Waals surface area contributed by atoms with Gasteiger partial charge in [0.05, 0.1) is 20.9 Å². The van der Waals surface area contributed by atoms with Gasteiger partial charge in [-0.2, -0.15) is 5.26 Å². The van der Waals surface area contributed by atoms with Gasteiger partial charge in [-0.1, -0.05) is 17.7 Å². The van der Waals surface area contributed by atoms with Crippen LogP contribution < -0.4 is 5.32 Å². The van der Waals surface area contributed by atoms with E-state index in [1.807, 2.05) is 18.2 Å². The summed E-state index contributed by atoms with van der Waals surface area (Å²) >= 11 is 9.37. The lowest BCUT2D eigenvalue weighted by Crippen LogP contribution is -1.96. The molecule has 3 nitrogen and oxygen atoms in total. The van der Waals surface area contributed by atoms with Crippen molar-refractivity contribution in [1.29, 1.82) is 5.26 Å². The second kappa shape index (κ2) is 5.17. The first-order chi connectivity index (χ1) is 8.22. The first-order valence-electron chi connectivity index (χ1n) is 4.78. The molecule has 84 valence electrons. The molecule has 0 aliphatic heterocycles. The van der Waals surface area contributed by atoms with Crippen molar-refractivity contribution in [1.82, 2.24) is 4.98 Å². The topological polar surface area (TPSA) is 48.7 Å². The molecular weight excluding hydrogens is 302 g/mol. The van der Waals surface area contributed by atoms with Gasteiger partial charge in [0.2, 0.25) is 0 Å². The molecule has 0 atom stereocenters. The zero-order valence-electron chi connectivity index (χ0n) is 8.61. The molecule has 17 heavy (non-hydrogen) atoms. The van der Waals surface area contributed by atoms with Gasteiger partial charge in [-0.25, -0.2) is 4.98 Å². The molecule has 0 radical (unpaired) electrons. The van der Waals surface area contributed by atoms with E-state index in [9.17, 15) is 0 Å². The average molecular weight is 309 g/mol. The van der Waals surface area contributed by atoms with Crippen LogP contribution >= 0.6 is 27.5 Å². The molecule has 0 fully saturated rings. The van der Waals surface area contributed by atoms with Crippen molar-refractivity contribution in [2.45, 2.75) is 0 Å². The van der Waals surface area contributed by atoms with Crippen molar-refractivity contribution >= 4 is 38.9 Å². The third-order valence-corrected chi connectivity index (χ3v) is 3.53. The molecule has 1 aromatic carbocycles. The van der Waals surface area contributed by atoms with E-state index >= 15 is 0 Å². The number of halogens is 2. The van der Waals surface area contributed by atoms with Crippen LogP contribution in [0.3, 0.4) is 0 Å². The quantitative estimate of drug-likeness (QED) is 0.908. The third kappa shape index (κ3) is 2.57. The largest absolute Gasteiger partial charge is 0.352 e. The fraction of sp³-hybridized carbons (Fsp3) is 0. The first-order valence-corrected chi connectivity index (χ1v) is 5.95. The molecule has 0 spiro atoms. The number of benzene rings is 1. The standard InChI is InChI=1S/C12H7BrClN3/c13-12-8(14)3-1-4-10(12)17-9-5-2-6-16-11(9)7-15/h1-6,17H. The Labute approximate surface area is 112 Å². The van der Waals surface area contributed by atoms with Crippen LogP contribution in [-0.4, -0.2) is 4.98 Å².